The van der Waals surface area contributed by atoms with Crippen molar-refractivity contribution in [3.8, 4) is 11.1 Å². The first-order valence-corrected chi connectivity index (χ1v) is 18.9. The van der Waals surface area contributed by atoms with E-state index in [0.29, 0.717) is 17.8 Å². The van der Waals surface area contributed by atoms with Crippen LogP contribution in [0.25, 0.3) is 33.0 Å². The molecule has 0 heterocycles. The van der Waals surface area contributed by atoms with Gasteiger partial charge in [0.25, 0.3) is 0 Å². The van der Waals surface area contributed by atoms with Crippen LogP contribution in [0.1, 0.15) is 126 Å². The predicted octanol–water partition coefficient (Wildman–Crippen LogP) is 12.9. The first-order chi connectivity index (χ1) is 23.0. The van der Waals surface area contributed by atoms with Crippen LogP contribution >= 0.6 is 0 Å². The molecule has 5 aliphatic carbocycles. The summed E-state index contributed by atoms with van der Waals surface area (Å²) in [7, 11) is 0. The Balaban J connectivity index is 1.38. The van der Waals surface area contributed by atoms with Crippen molar-refractivity contribution in [1.29, 1.82) is 0 Å². The summed E-state index contributed by atoms with van der Waals surface area (Å²) in [5.74, 6) is 1.82. The molecule has 2 unspecified atom stereocenters. The summed E-state index contributed by atoms with van der Waals surface area (Å²) in [5.41, 5.74) is 19.5. The van der Waals surface area contributed by atoms with Gasteiger partial charge in [-0.3, -0.25) is 0 Å². The standard InChI is InChI=1S/C48H52/c1-28(2)24-31-18-20-34-33(26-31)19-21-36-40-39(48(42(34)36)27-29(3)25-30(4)41(48)32-14-10-9-11-15-32)23-22-37-43(40)47(7,8)44-35-16-12-13-17-38(35)46(5,6)45(37)44/h12-13,16-23,25-28,32,41H,9-11,14-15,24H2,1-8H3. The second-order valence-corrected chi connectivity index (χ2v) is 17.6. The quantitative estimate of drug-likeness (QED) is 0.212. The molecule has 0 N–H and O–H groups in total. The van der Waals surface area contributed by atoms with Crippen molar-refractivity contribution in [3.63, 3.8) is 0 Å². The Kier molecular flexibility index (Phi) is 6.46. The van der Waals surface area contributed by atoms with Crippen molar-refractivity contribution in [3.05, 3.63) is 129 Å². The lowest BCUT2D eigenvalue weighted by Crippen LogP contribution is -2.41. The third kappa shape index (κ3) is 3.84. The minimum atomic E-state index is -0.166. The Morgan fingerprint density at radius 2 is 1.44 bits per heavy atom. The van der Waals surface area contributed by atoms with Crippen molar-refractivity contribution in [1.82, 2.24) is 0 Å². The van der Waals surface area contributed by atoms with Gasteiger partial charge in [0, 0.05) is 16.2 Å². The number of allylic oxidation sites excluding steroid dienone is 6. The fourth-order valence-corrected chi connectivity index (χ4v) is 11.9. The molecule has 0 heteroatoms. The van der Waals surface area contributed by atoms with Gasteiger partial charge in [-0.2, -0.15) is 0 Å². The van der Waals surface area contributed by atoms with Crippen LogP contribution in [-0.4, -0.2) is 0 Å². The van der Waals surface area contributed by atoms with E-state index >= 15 is 0 Å². The molecule has 9 rings (SSSR count). The maximum Gasteiger partial charge on any atom is 0.0473 e. The molecule has 1 fully saturated rings. The maximum absolute atomic E-state index is 2.74. The van der Waals surface area contributed by atoms with Crippen molar-refractivity contribution in [2.24, 2.45) is 17.8 Å². The summed E-state index contributed by atoms with van der Waals surface area (Å²) < 4.78 is 0. The van der Waals surface area contributed by atoms with Crippen LogP contribution in [0.2, 0.25) is 0 Å². The molecule has 2 atom stereocenters. The molecule has 0 aliphatic heterocycles. The maximum atomic E-state index is 2.74. The average molecular weight is 629 g/mol. The first-order valence-electron chi connectivity index (χ1n) is 18.9. The Bertz CT molecular complexity index is 2130. The molecule has 48 heavy (non-hydrogen) atoms. The molecule has 0 aromatic heterocycles. The van der Waals surface area contributed by atoms with E-state index in [2.05, 4.69) is 134 Å². The van der Waals surface area contributed by atoms with Gasteiger partial charge < -0.3 is 0 Å². The Hall–Kier alpha value is -3.64. The van der Waals surface area contributed by atoms with E-state index in [-0.39, 0.29) is 16.2 Å². The molecule has 0 bridgehead atoms. The van der Waals surface area contributed by atoms with E-state index in [1.807, 2.05) is 0 Å². The van der Waals surface area contributed by atoms with Crippen LogP contribution in [0.3, 0.4) is 0 Å². The normalized spacial score (nSPS) is 24.8. The van der Waals surface area contributed by atoms with Gasteiger partial charge in [0.1, 0.15) is 0 Å². The fourth-order valence-electron chi connectivity index (χ4n) is 11.9. The van der Waals surface area contributed by atoms with Crippen LogP contribution in [-0.2, 0) is 22.7 Å². The smallest absolute Gasteiger partial charge is 0.0473 e. The second-order valence-electron chi connectivity index (χ2n) is 17.6. The molecular formula is C48H52. The van der Waals surface area contributed by atoms with Crippen molar-refractivity contribution in [2.45, 2.75) is 110 Å². The molecule has 5 aliphatic rings. The summed E-state index contributed by atoms with van der Waals surface area (Å²) >= 11 is 0. The van der Waals surface area contributed by atoms with Crippen LogP contribution in [0.4, 0.5) is 0 Å². The van der Waals surface area contributed by atoms with Crippen LogP contribution < -0.4 is 0 Å². The molecule has 4 aromatic carbocycles. The summed E-state index contributed by atoms with van der Waals surface area (Å²) in [5, 5.41) is 2.87. The number of benzene rings is 4. The van der Waals surface area contributed by atoms with Crippen LogP contribution in [0.15, 0.2) is 90.0 Å². The molecule has 0 saturated heterocycles. The lowest BCUT2D eigenvalue weighted by Gasteiger charge is -2.47. The Labute approximate surface area is 289 Å². The molecule has 0 nitrogen and oxygen atoms in total. The zero-order valence-corrected chi connectivity index (χ0v) is 30.5. The number of hydrogen-bond acceptors (Lipinski definition) is 0. The van der Waals surface area contributed by atoms with Crippen molar-refractivity contribution < 1.29 is 0 Å². The molecule has 0 radical (unpaired) electrons. The van der Waals surface area contributed by atoms with E-state index in [1.165, 1.54) is 76.3 Å². The Morgan fingerprint density at radius 1 is 0.708 bits per heavy atom. The fraction of sp³-hybridized carbons (Fsp3) is 0.417. The van der Waals surface area contributed by atoms with Gasteiger partial charge in [-0.25, -0.2) is 0 Å². The van der Waals surface area contributed by atoms with Crippen LogP contribution in [0, 0.1) is 17.8 Å². The van der Waals surface area contributed by atoms with Gasteiger partial charge in [-0.15, -0.1) is 0 Å². The number of fused-ring (bicyclic) bond motifs is 12. The monoisotopic (exact) mass is 628 g/mol. The highest BCUT2D eigenvalue weighted by molar-refractivity contribution is 6.12. The average Bonchev–Trinajstić information content (AvgIpc) is 3.57. The van der Waals surface area contributed by atoms with Gasteiger partial charge in [0.05, 0.1) is 0 Å². The van der Waals surface area contributed by atoms with Crippen molar-refractivity contribution >= 4 is 21.9 Å². The molecule has 244 valence electrons. The number of hydrogen-bond donors (Lipinski definition) is 0. The SMILES string of the molecule is CC1=CC2(c3ccc4c(c3-c3ccc5cc(CC(C)C)ccc5c32)C(C)(C)C2=C4C(C)(C)c3ccccc32)C(C2CCCCC2)C(C)=C1. The van der Waals surface area contributed by atoms with E-state index in [1.54, 1.807) is 39.0 Å². The molecule has 4 aromatic rings. The zero-order valence-electron chi connectivity index (χ0n) is 30.5. The molecule has 1 spiro atoms. The largest absolute Gasteiger partial charge is 0.0681 e. The third-order valence-corrected chi connectivity index (χ3v) is 13.3. The minimum Gasteiger partial charge on any atom is -0.0681 e. The first kappa shape index (κ1) is 30.4. The second kappa shape index (κ2) is 10.2. The van der Waals surface area contributed by atoms with Gasteiger partial charge in [-0.05, 0) is 123 Å². The van der Waals surface area contributed by atoms with E-state index < -0.39 is 0 Å². The summed E-state index contributed by atoms with van der Waals surface area (Å²) in [6, 6.07) is 26.9. The zero-order chi connectivity index (χ0) is 33.3. The predicted molar refractivity (Wildman–Crippen MR) is 206 cm³/mol. The molecular weight excluding hydrogens is 577 g/mol. The van der Waals surface area contributed by atoms with Gasteiger partial charge in [0.15, 0.2) is 0 Å². The summed E-state index contributed by atoms with van der Waals surface area (Å²) in [4.78, 5) is 0. The summed E-state index contributed by atoms with van der Waals surface area (Å²) in [6.45, 7) is 19.5. The van der Waals surface area contributed by atoms with Gasteiger partial charge in [0.2, 0.25) is 0 Å². The van der Waals surface area contributed by atoms with E-state index in [0.717, 1.165) is 6.42 Å². The van der Waals surface area contributed by atoms with Crippen LogP contribution in [0.5, 0.6) is 0 Å². The third-order valence-electron chi connectivity index (χ3n) is 13.3. The molecule has 1 saturated carbocycles. The highest BCUT2D eigenvalue weighted by atomic mass is 14.6. The van der Waals surface area contributed by atoms with E-state index in [9.17, 15) is 0 Å². The lowest BCUT2D eigenvalue weighted by atomic mass is 9.56. The highest BCUT2D eigenvalue weighted by Crippen LogP contribution is 2.69. The highest BCUT2D eigenvalue weighted by Gasteiger charge is 2.57. The van der Waals surface area contributed by atoms with E-state index in [4.69, 9.17) is 0 Å². The van der Waals surface area contributed by atoms with Crippen molar-refractivity contribution in [2.75, 3.05) is 0 Å². The Morgan fingerprint density at radius 3 is 2.21 bits per heavy atom. The minimum absolute atomic E-state index is 0.0245. The topological polar surface area (TPSA) is 0 Å². The summed E-state index contributed by atoms with van der Waals surface area (Å²) in [6.07, 6.45) is 13.2. The molecule has 0 amide bonds. The number of rotatable bonds is 3. The van der Waals surface area contributed by atoms with Gasteiger partial charge >= 0.3 is 0 Å². The lowest BCUT2D eigenvalue weighted by molar-refractivity contribution is 0.227. The van der Waals surface area contributed by atoms with Gasteiger partial charge in [-0.1, -0.05) is 151 Å².